The lowest BCUT2D eigenvalue weighted by Crippen LogP contribution is -2.58. The minimum atomic E-state index is -3.36. The minimum absolute atomic E-state index is 0.107. The first kappa shape index (κ1) is 15.5. The Morgan fingerprint density at radius 3 is 2.25 bits per heavy atom. The summed E-state index contributed by atoms with van der Waals surface area (Å²) < 4.78 is 27.1. The predicted octanol–water partition coefficient (Wildman–Crippen LogP) is 2.01. The third kappa shape index (κ3) is 3.22. The van der Waals surface area contributed by atoms with Crippen LogP contribution in [-0.2, 0) is 16.4 Å². The Balaban J connectivity index is 2.22. The van der Waals surface area contributed by atoms with E-state index in [1.54, 1.807) is 16.4 Å². The molecule has 1 saturated heterocycles. The SMILES string of the molecule is CCCc1ccc(S(=O)(=O)N(CCC)C2CNC2)cc1. The Morgan fingerprint density at radius 1 is 1.15 bits per heavy atom. The number of sulfonamides is 1. The van der Waals surface area contributed by atoms with Crippen molar-refractivity contribution in [1.29, 1.82) is 0 Å². The number of hydrogen-bond donors (Lipinski definition) is 1. The number of aryl methyl sites for hydroxylation is 1. The Morgan fingerprint density at radius 2 is 1.80 bits per heavy atom. The summed E-state index contributed by atoms with van der Waals surface area (Å²) >= 11 is 0. The van der Waals surface area contributed by atoms with Gasteiger partial charge in [0.2, 0.25) is 10.0 Å². The zero-order valence-electron chi connectivity index (χ0n) is 12.3. The molecule has 20 heavy (non-hydrogen) atoms. The van der Waals surface area contributed by atoms with Gasteiger partial charge in [0.05, 0.1) is 10.9 Å². The highest BCUT2D eigenvalue weighted by Crippen LogP contribution is 2.21. The summed E-state index contributed by atoms with van der Waals surface area (Å²) in [5.41, 5.74) is 1.19. The number of hydrogen-bond acceptors (Lipinski definition) is 3. The van der Waals surface area contributed by atoms with Gasteiger partial charge in [-0.1, -0.05) is 32.4 Å². The van der Waals surface area contributed by atoms with Crippen LogP contribution >= 0.6 is 0 Å². The second kappa shape index (κ2) is 6.70. The second-order valence-corrected chi connectivity index (χ2v) is 7.21. The molecule has 1 aromatic rings. The molecule has 0 atom stereocenters. The van der Waals surface area contributed by atoms with Crippen molar-refractivity contribution in [2.24, 2.45) is 0 Å². The van der Waals surface area contributed by atoms with Crippen molar-refractivity contribution in [1.82, 2.24) is 9.62 Å². The molecule has 2 rings (SSSR count). The quantitative estimate of drug-likeness (QED) is 0.837. The molecular weight excluding hydrogens is 272 g/mol. The van der Waals surface area contributed by atoms with Gasteiger partial charge in [0, 0.05) is 19.6 Å². The highest BCUT2D eigenvalue weighted by molar-refractivity contribution is 7.89. The van der Waals surface area contributed by atoms with E-state index in [0.29, 0.717) is 11.4 Å². The minimum Gasteiger partial charge on any atom is -0.313 e. The largest absolute Gasteiger partial charge is 0.313 e. The summed E-state index contributed by atoms with van der Waals surface area (Å²) in [5.74, 6) is 0. The molecular formula is C15H24N2O2S. The van der Waals surface area contributed by atoms with Crippen LogP contribution in [0.1, 0.15) is 32.3 Å². The summed E-state index contributed by atoms with van der Waals surface area (Å²) in [6, 6.07) is 7.46. The number of nitrogens with zero attached hydrogens (tertiary/aromatic N) is 1. The lowest BCUT2D eigenvalue weighted by molar-refractivity contribution is 0.242. The van der Waals surface area contributed by atoms with Gasteiger partial charge >= 0.3 is 0 Å². The lowest BCUT2D eigenvalue weighted by Gasteiger charge is -2.37. The molecule has 0 bridgehead atoms. The Hall–Kier alpha value is -0.910. The Bertz CT molecular complexity index is 521. The van der Waals surface area contributed by atoms with Gasteiger partial charge in [-0.15, -0.1) is 0 Å². The van der Waals surface area contributed by atoms with Gasteiger partial charge in [-0.2, -0.15) is 4.31 Å². The van der Waals surface area contributed by atoms with Gasteiger partial charge in [-0.3, -0.25) is 0 Å². The maximum Gasteiger partial charge on any atom is 0.243 e. The molecule has 5 heteroatoms. The molecule has 0 aromatic heterocycles. The predicted molar refractivity (Wildman–Crippen MR) is 81.3 cm³/mol. The maximum atomic E-state index is 12.7. The van der Waals surface area contributed by atoms with Crippen LogP contribution in [0.25, 0.3) is 0 Å². The van der Waals surface area contributed by atoms with Crippen molar-refractivity contribution in [3.05, 3.63) is 29.8 Å². The fourth-order valence-electron chi connectivity index (χ4n) is 2.45. The normalized spacial score (nSPS) is 16.4. The van der Waals surface area contributed by atoms with E-state index in [1.165, 1.54) is 5.56 Å². The molecule has 1 N–H and O–H groups in total. The van der Waals surface area contributed by atoms with Crippen LogP contribution in [0.15, 0.2) is 29.2 Å². The van der Waals surface area contributed by atoms with Gasteiger partial charge < -0.3 is 5.32 Å². The van der Waals surface area contributed by atoms with Crippen molar-refractivity contribution in [2.75, 3.05) is 19.6 Å². The van der Waals surface area contributed by atoms with Crippen molar-refractivity contribution in [3.8, 4) is 0 Å². The summed E-state index contributed by atoms with van der Waals surface area (Å²) in [5, 5.41) is 3.14. The monoisotopic (exact) mass is 296 g/mol. The third-order valence-electron chi connectivity index (χ3n) is 3.68. The molecule has 0 unspecified atom stereocenters. The summed E-state index contributed by atoms with van der Waals surface area (Å²) in [6.45, 7) is 6.24. The first-order chi connectivity index (χ1) is 9.59. The number of rotatable bonds is 7. The second-order valence-electron chi connectivity index (χ2n) is 5.32. The zero-order valence-corrected chi connectivity index (χ0v) is 13.1. The topological polar surface area (TPSA) is 49.4 Å². The molecule has 1 aliphatic rings. The fourth-order valence-corrected chi connectivity index (χ4v) is 4.16. The molecule has 1 aliphatic heterocycles. The first-order valence-electron chi connectivity index (χ1n) is 7.41. The van der Waals surface area contributed by atoms with Crippen LogP contribution in [0.3, 0.4) is 0 Å². The van der Waals surface area contributed by atoms with E-state index < -0.39 is 10.0 Å². The van der Waals surface area contributed by atoms with E-state index >= 15 is 0 Å². The van der Waals surface area contributed by atoms with Crippen molar-refractivity contribution in [2.45, 2.75) is 44.0 Å². The summed E-state index contributed by atoms with van der Waals surface area (Å²) in [4.78, 5) is 0.415. The van der Waals surface area contributed by atoms with Crippen LogP contribution in [0.2, 0.25) is 0 Å². The molecule has 112 valence electrons. The van der Waals surface area contributed by atoms with Crippen molar-refractivity contribution < 1.29 is 8.42 Å². The van der Waals surface area contributed by atoms with Gasteiger partial charge in [0.25, 0.3) is 0 Å². The average molecular weight is 296 g/mol. The lowest BCUT2D eigenvalue weighted by atomic mass is 10.1. The molecule has 1 aromatic carbocycles. The van der Waals surface area contributed by atoms with Gasteiger partial charge in [0.15, 0.2) is 0 Å². The first-order valence-corrected chi connectivity index (χ1v) is 8.85. The van der Waals surface area contributed by atoms with Crippen LogP contribution in [0.4, 0.5) is 0 Å². The molecule has 1 fully saturated rings. The zero-order chi connectivity index (χ0) is 14.6. The van der Waals surface area contributed by atoms with Gasteiger partial charge in [0.1, 0.15) is 0 Å². The molecule has 1 heterocycles. The number of benzene rings is 1. The van der Waals surface area contributed by atoms with E-state index in [0.717, 1.165) is 32.4 Å². The summed E-state index contributed by atoms with van der Waals surface area (Å²) in [6.07, 6.45) is 2.90. The average Bonchev–Trinajstić information content (AvgIpc) is 2.37. The van der Waals surface area contributed by atoms with Gasteiger partial charge in [-0.25, -0.2) is 8.42 Å². The Kier molecular flexibility index (Phi) is 5.18. The summed E-state index contributed by atoms with van der Waals surface area (Å²) in [7, 11) is -3.36. The molecule has 0 amide bonds. The third-order valence-corrected chi connectivity index (χ3v) is 5.65. The molecule has 0 saturated carbocycles. The van der Waals surface area contributed by atoms with E-state index in [-0.39, 0.29) is 6.04 Å². The maximum absolute atomic E-state index is 12.7. The van der Waals surface area contributed by atoms with Crippen LogP contribution in [0.5, 0.6) is 0 Å². The van der Waals surface area contributed by atoms with E-state index in [2.05, 4.69) is 12.2 Å². The molecule has 0 aliphatic carbocycles. The van der Waals surface area contributed by atoms with Gasteiger partial charge in [-0.05, 0) is 30.5 Å². The Labute approximate surface area is 122 Å². The van der Waals surface area contributed by atoms with Crippen molar-refractivity contribution >= 4 is 10.0 Å². The van der Waals surface area contributed by atoms with E-state index in [4.69, 9.17) is 0 Å². The van der Waals surface area contributed by atoms with Crippen LogP contribution in [-0.4, -0.2) is 38.4 Å². The highest BCUT2D eigenvalue weighted by atomic mass is 32.2. The molecule has 0 spiro atoms. The van der Waals surface area contributed by atoms with Crippen molar-refractivity contribution in [3.63, 3.8) is 0 Å². The smallest absolute Gasteiger partial charge is 0.243 e. The molecule has 4 nitrogen and oxygen atoms in total. The number of nitrogens with one attached hydrogen (secondary N) is 1. The standard InChI is InChI=1S/C15H24N2O2S/c1-3-5-13-6-8-15(9-7-13)20(18,19)17(10-4-2)14-11-16-12-14/h6-9,14,16H,3-5,10-12H2,1-2H3. The van der Waals surface area contributed by atoms with E-state index in [1.807, 2.05) is 19.1 Å². The fraction of sp³-hybridized carbons (Fsp3) is 0.600. The molecule has 0 radical (unpaired) electrons. The van der Waals surface area contributed by atoms with E-state index in [9.17, 15) is 8.42 Å². The highest BCUT2D eigenvalue weighted by Gasteiger charge is 2.33. The van der Waals surface area contributed by atoms with Crippen LogP contribution < -0.4 is 5.32 Å². The van der Waals surface area contributed by atoms with Crippen LogP contribution in [0, 0.1) is 0 Å².